The molecule has 40 valence electrons. The molecule has 2 N–H and O–H groups in total. The lowest BCUT2D eigenvalue weighted by atomic mass is 10.9. The first-order valence-corrected chi connectivity index (χ1v) is 1.78. The summed E-state index contributed by atoms with van der Waals surface area (Å²) >= 11 is 0. The van der Waals surface area contributed by atoms with Gasteiger partial charge < -0.3 is 9.84 Å². The lowest BCUT2D eigenvalue weighted by Crippen LogP contribution is -2.07. The summed E-state index contributed by atoms with van der Waals surface area (Å²) in [6.45, 7) is 0.0197. The molecule has 0 unspecified atom stereocenters. The van der Waals surface area contributed by atoms with Gasteiger partial charge >= 0.3 is 0 Å². The lowest BCUT2D eigenvalue weighted by molar-refractivity contribution is -0.0866. The molecular weight excluding hydrogens is 98.0 g/mol. The van der Waals surface area contributed by atoms with Gasteiger partial charge in [0, 0.05) is 0 Å². The minimum absolute atomic E-state index is 0.0197. The lowest BCUT2D eigenvalue weighted by Gasteiger charge is -1.97. The first kappa shape index (κ1) is 4.26. The molecule has 0 atom stereocenters. The van der Waals surface area contributed by atoms with Gasteiger partial charge in [-0.05, 0) is 0 Å². The summed E-state index contributed by atoms with van der Waals surface area (Å²) < 4.78 is 4.36. The molecule has 0 amide bonds. The molecule has 1 heterocycles. The fourth-order valence-corrected chi connectivity index (χ4v) is 0.334. The number of nitrogens with zero attached hydrogens (tertiary/aromatic N) is 1. The molecule has 4 heteroatoms. The molecule has 0 fully saturated rings. The van der Waals surface area contributed by atoms with Gasteiger partial charge in [0.25, 0.3) is 5.95 Å². The van der Waals surface area contributed by atoms with E-state index in [1.54, 1.807) is 0 Å². The maximum atomic E-state index is 8.37. The maximum Gasteiger partial charge on any atom is 0.297 e. The summed E-state index contributed by atoms with van der Waals surface area (Å²) in [5.74, 6) is -0.248. The summed E-state index contributed by atoms with van der Waals surface area (Å²) in [4.78, 5) is 0. The van der Waals surface area contributed by atoms with Crippen molar-refractivity contribution in [3.8, 4) is 0 Å². The van der Waals surface area contributed by atoms with Crippen molar-refractivity contribution >= 4 is 0 Å². The van der Waals surface area contributed by atoms with Gasteiger partial charge in [0.2, 0.25) is 0 Å². The van der Waals surface area contributed by atoms with E-state index in [4.69, 9.17) is 10.3 Å². The summed E-state index contributed by atoms with van der Waals surface area (Å²) in [6.07, 6.45) is 1.08. The molecule has 0 aromatic rings. The normalized spacial score (nSPS) is 19.0. The third-order valence-corrected chi connectivity index (χ3v) is 0.604. The highest BCUT2D eigenvalue weighted by Gasteiger charge is 2.06. The quantitative estimate of drug-likeness (QED) is 0.454. The van der Waals surface area contributed by atoms with Crippen molar-refractivity contribution < 1.29 is 15.1 Å². The molecule has 0 radical (unpaired) electrons. The zero-order valence-corrected chi connectivity index (χ0v) is 3.53. The van der Waals surface area contributed by atoms with Crippen molar-refractivity contribution in [2.24, 2.45) is 0 Å². The fraction of sp³-hybridized carbons (Fsp3) is 0.333. The smallest absolute Gasteiger partial charge is 0.297 e. The van der Waals surface area contributed by atoms with Crippen molar-refractivity contribution in [3.63, 3.8) is 0 Å². The topological polar surface area (TPSA) is 52.9 Å². The number of ether oxygens (including phenoxy) is 1. The van der Waals surface area contributed by atoms with Crippen LogP contribution >= 0.6 is 0 Å². The Morgan fingerprint density at radius 1 is 1.86 bits per heavy atom. The number of hydroxylamine groups is 2. The van der Waals surface area contributed by atoms with E-state index in [0.717, 1.165) is 11.3 Å². The Bertz CT molecular complexity index is 100. The van der Waals surface area contributed by atoms with Gasteiger partial charge in [0.05, 0.1) is 0 Å². The number of aliphatic hydroxyl groups excluding tert-OH is 1. The van der Waals surface area contributed by atoms with Crippen LogP contribution in [0.15, 0.2) is 12.1 Å². The van der Waals surface area contributed by atoms with Crippen molar-refractivity contribution in [3.05, 3.63) is 12.1 Å². The molecule has 0 aromatic heterocycles. The van der Waals surface area contributed by atoms with Gasteiger partial charge in [-0.2, -0.15) is 0 Å². The summed E-state index contributed by atoms with van der Waals surface area (Å²) in [6, 6.07) is 0. The predicted octanol–water partition coefficient (Wildman–Crippen LogP) is 0.0222. The molecule has 4 nitrogen and oxygen atoms in total. The van der Waals surface area contributed by atoms with Crippen LogP contribution in [-0.2, 0) is 4.74 Å². The fourth-order valence-electron chi connectivity index (χ4n) is 0.334. The van der Waals surface area contributed by atoms with Gasteiger partial charge in [-0.3, -0.25) is 5.21 Å². The van der Waals surface area contributed by atoms with E-state index in [1.165, 1.54) is 0 Å². The van der Waals surface area contributed by atoms with E-state index < -0.39 is 0 Å². The maximum absolute atomic E-state index is 8.37. The molecule has 7 heavy (non-hydrogen) atoms. The van der Waals surface area contributed by atoms with Crippen molar-refractivity contribution in [1.29, 1.82) is 0 Å². The minimum Gasteiger partial charge on any atom is -0.480 e. The Labute approximate surface area is 40.2 Å². The van der Waals surface area contributed by atoms with Crippen LogP contribution in [0.25, 0.3) is 0 Å². The van der Waals surface area contributed by atoms with Crippen molar-refractivity contribution in [2.75, 3.05) is 6.73 Å². The Kier molecular flexibility index (Phi) is 0.796. The molecule has 0 saturated carbocycles. The van der Waals surface area contributed by atoms with Crippen LogP contribution < -0.4 is 0 Å². The molecule has 0 bridgehead atoms. The van der Waals surface area contributed by atoms with Crippen LogP contribution in [-0.4, -0.2) is 22.1 Å². The predicted molar refractivity (Wildman–Crippen MR) is 20.3 cm³/mol. The van der Waals surface area contributed by atoms with Gasteiger partial charge in [-0.15, -0.1) is 0 Å². The van der Waals surface area contributed by atoms with E-state index in [9.17, 15) is 0 Å². The third-order valence-electron chi connectivity index (χ3n) is 0.604. The van der Waals surface area contributed by atoms with Crippen LogP contribution in [0, 0.1) is 0 Å². The third kappa shape index (κ3) is 0.747. The molecule has 0 spiro atoms. The van der Waals surface area contributed by atoms with E-state index in [1.807, 2.05) is 0 Å². The first-order valence-electron chi connectivity index (χ1n) is 1.78. The Hall–Kier alpha value is -0.900. The number of aliphatic hydroxyl groups is 1. The number of hydrogen-bond donors (Lipinski definition) is 2. The molecule has 0 saturated heterocycles. The van der Waals surface area contributed by atoms with Crippen molar-refractivity contribution in [2.45, 2.75) is 0 Å². The Balaban J connectivity index is 2.50. The number of hydrogen-bond acceptors (Lipinski definition) is 4. The van der Waals surface area contributed by atoms with Crippen LogP contribution in [0.3, 0.4) is 0 Å². The second kappa shape index (κ2) is 1.31. The highest BCUT2D eigenvalue weighted by atomic mass is 16.7. The van der Waals surface area contributed by atoms with Crippen molar-refractivity contribution in [1.82, 2.24) is 5.06 Å². The zero-order chi connectivity index (χ0) is 5.28. The summed E-state index contributed by atoms with van der Waals surface area (Å²) in [7, 11) is 0. The highest BCUT2D eigenvalue weighted by molar-refractivity contribution is 4.81. The molecule has 0 aliphatic carbocycles. The molecule has 1 rings (SSSR count). The molecular formula is C3H5NO3. The molecule has 1 aliphatic rings. The van der Waals surface area contributed by atoms with Crippen LogP contribution in [0.1, 0.15) is 0 Å². The highest BCUT2D eigenvalue weighted by Crippen LogP contribution is 2.02. The van der Waals surface area contributed by atoms with Gasteiger partial charge in [0.1, 0.15) is 6.20 Å². The Morgan fingerprint density at radius 2 is 2.57 bits per heavy atom. The minimum atomic E-state index is -0.248. The average molecular weight is 103 g/mol. The monoisotopic (exact) mass is 103 g/mol. The average Bonchev–Trinajstić information content (AvgIpc) is 1.87. The van der Waals surface area contributed by atoms with E-state index in [0.29, 0.717) is 0 Å². The van der Waals surface area contributed by atoms with Crippen LogP contribution in [0.4, 0.5) is 0 Å². The second-order valence-corrected chi connectivity index (χ2v) is 1.18. The molecule has 0 aromatic carbocycles. The van der Waals surface area contributed by atoms with E-state index in [-0.39, 0.29) is 12.7 Å². The SMILES string of the molecule is OC1=CN(O)CO1. The summed E-state index contributed by atoms with van der Waals surface area (Å²) in [5.41, 5.74) is 0. The first-order chi connectivity index (χ1) is 3.29. The van der Waals surface area contributed by atoms with Gasteiger partial charge in [-0.25, -0.2) is 5.06 Å². The van der Waals surface area contributed by atoms with Crippen LogP contribution in [0.5, 0.6) is 0 Å². The van der Waals surface area contributed by atoms with Gasteiger partial charge in [0.15, 0.2) is 6.73 Å². The van der Waals surface area contributed by atoms with Crippen LogP contribution in [0.2, 0.25) is 0 Å². The van der Waals surface area contributed by atoms with E-state index >= 15 is 0 Å². The Morgan fingerprint density at radius 3 is 2.71 bits per heavy atom. The summed E-state index contributed by atoms with van der Waals surface area (Å²) in [5, 5.41) is 17.5. The van der Waals surface area contributed by atoms with E-state index in [2.05, 4.69) is 4.74 Å². The number of rotatable bonds is 0. The standard InChI is InChI=1S/C3H5NO3/c5-3-1-4(6)2-7-3/h1,5-6H,2H2. The second-order valence-electron chi connectivity index (χ2n) is 1.18. The largest absolute Gasteiger partial charge is 0.480 e. The van der Waals surface area contributed by atoms with Gasteiger partial charge in [-0.1, -0.05) is 0 Å². The zero-order valence-electron chi connectivity index (χ0n) is 3.53. The molecule has 1 aliphatic heterocycles.